The van der Waals surface area contributed by atoms with E-state index in [1.165, 1.54) is 4.90 Å². The number of Topliss-reactive ketones (excluding diaryl/α,β-unsaturated/α-hetero) is 1. The number of aromatic amines is 1. The number of benzene rings is 3. The molecule has 0 bridgehead atoms. The number of amides is 1. The first-order valence-corrected chi connectivity index (χ1v) is 13.1. The van der Waals surface area contributed by atoms with Crippen molar-refractivity contribution in [1.29, 1.82) is 0 Å². The molecule has 3 aromatic carbocycles. The molecule has 1 N–H and O–H groups in total. The molecule has 0 radical (unpaired) electrons. The van der Waals surface area contributed by atoms with Crippen LogP contribution in [0.2, 0.25) is 0 Å². The van der Waals surface area contributed by atoms with Crippen LogP contribution in [0, 0.1) is 0 Å². The second-order valence-corrected chi connectivity index (χ2v) is 9.52. The van der Waals surface area contributed by atoms with Crippen molar-refractivity contribution in [3.63, 3.8) is 0 Å². The monoisotopic (exact) mass is 537 g/mol. The molecule has 6 rings (SSSR count). The number of nitrogens with zero attached hydrogens (tertiary/aromatic N) is 2. The summed E-state index contributed by atoms with van der Waals surface area (Å²) in [6.07, 6.45) is 6.11. The number of hydrogen-bond donors (Lipinski definition) is 1. The van der Waals surface area contributed by atoms with Crippen molar-refractivity contribution in [1.82, 2.24) is 9.88 Å². The topological polar surface area (TPSA) is 108 Å². The van der Waals surface area contributed by atoms with Gasteiger partial charge < -0.3 is 24.2 Å². The first-order chi connectivity index (χ1) is 19.6. The quantitative estimate of drug-likeness (QED) is 0.160. The lowest BCUT2D eigenvalue weighted by atomic mass is 9.95. The molecule has 0 saturated carbocycles. The van der Waals surface area contributed by atoms with E-state index in [-0.39, 0.29) is 17.7 Å². The van der Waals surface area contributed by atoms with Crippen LogP contribution in [0.3, 0.4) is 0 Å². The zero-order valence-corrected chi connectivity index (χ0v) is 21.6. The highest BCUT2D eigenvalue weighted by atomic mass is 16.6. The highest BCUT2D eigenvalue weighted by Crippen LogP contribution is 2.41. The van der Waals surface area contributed by atoms with Crippen LogP contribution in [0.15, 0.2) is 97.1 Å². The summed E-state index contributed by atoms with van der Waals surface area (Å²) in [6.45, 7) is 1.71. The average Bonchev–Trinajstić information content (AvgIpc) is 3.59. The van der Waals surface area contributed by atoms with Gasteiger partial charge in [-0.05, 0) is 47.5 Å². The van der Waals surface area contributed by atoms with Crippen molar-refractivity contribution < 1.29 is 33.5 Å². The molecule has 202 valence electrons. The van der Waals surface area contributed by atoms with Crippen LogP contribution in [-0.2, 0) is 16.1 Å². The van der Waals surface area contributed by atoms with Gasteiger partial charge in [0.25, 0.3) is 5.91 Å². The van der Waals surface area contributed by atoms with Crippen LogP contribution in [0.4, 0.5) is 0 Å². The summed E-state index contributed by atoms with van der Waals surface area (Å²) < 4.78 is 19.2. The summed E-state index contributed by atoms with van der Waals surface area (Å²) in [5.41, 5.74) is 0.780. The van der Waals surface area contributed by atoms with Crippen LogP contribution in [-0.4, -0.2) is 41.3 Å². The molecule has 1 unspecified atom stereocenters. The van der Waals surface area contributed by atoms with Gasteiger partial charge >= 0.3 is 0 Å². The van der Waals surface area contributed by atoms with E-state index >= 15 is 0 Å². The summed E-state index contributed by atoms with van der Waals surface area (Å²) in [6, 6.07) is 20.4. The second-order valence-electron chi connectivity index (χ2n) is 9.52. The first-order valence-electron chi connectivity index (χ1n) is 13.1. The number of nitrogens with one attached hydrogen (secondary N) is 1. The minimum atomic E-state index is -0.865. The van der Waals surface area contributed by atoms with Gasteiger partial charge in [-0.25, -0.2) is 4.57 Å². The van der Waals surface area contributed by atoms with Gasteiger partial charge in [-0.3, -0.25) is 14.6 Å². The first kappa shape index (κ1) is 25.2. The number of para-hydroxylation sites is 1. The maximum atomic E-state index is 13.9. The highest BCUT2D eigenvalue weighted by Gasteiger charge is 2.44. The number of hydrogen-bond acceptors (Lipinski definition) is 6. The third-order valence-electron chi connectivity index (χ3n) is 6.90. The van der Waals surface area contributed by atoms with Crippen molar-refractivity contribution in [2.45, 2.75) is 19.0 Å². The minimum Gasteiger partial charge on any atom is -0.872 e. The summed E-state index contributed by atoms with van der Waals surface area (Å²) in [5, 5.41) is 13.9. The van der Waals surface area contributed by atoms with E-state index < -0.39 is 23.5 Å². The van der Waals surface area contributed by atoms with Gasteiger partial charge in [0.2, 0.25) is 12.1 Å². The number of fused-ring (bicyclic) bond motifs is 1. The van der Waals surface area contributed by atoms with Crippen LogP contribution in [0.5, 0.6) is 23.0 Å². The molecule has 1 fully saturated rings. The normalized spacial score (nSPS) is 17.7. The van der Waals surface area contributed by atoms with Crippen molar-refractivity contribution in [2.75, 3.05) is 19.8 Å². The molecule has 2 aliphatic rings. The van der Waals surface area contributed by atoms with Gasteiger partial charge in [-0.1, -0.05) is 42.2 Å². The lowest BCUT2D eigenvalue weighted by molar-refractivity contribution is -0.695. The van der Waals surface area contributed by atoms with E-state index in [9.17, 15) is 14.7 Å². The van der Waals surface area contributed by atoms with Gasteiger partial charge in [0.15, 0.2) is 11.5 Å². The molecule has 0 aliphatic carbocycles. The molecule has 9 heteroatoms. The maximum absolute atomic E-state index is 13.9. The van der Waals surface area contributed by atoms with Crippen LogP contribution in [0.25, 0.3) is 5.76 Å². The largest absolute Gasteiger partial charge is 0.872 e. The number of ketones is 1. The molecule has 1 aromatic heterocycles. The Bertz CT molecular complexity index is 1570. The van der Waals surface area contributed by atoms with E-state index in [0.717, 1.165) is 0 Å². The number of carbonyl (C=O) groups is 2. The average molecular weight is 538 g/mol. The third kappa shape index (κ3) is 5.01. The highest BCUT2D eigenvalue weighted by molar-refractivity contribution is 6.46. The summed E-state index contributed by atoms with van der Waals surface area (Å²) >= 11 is 0. The maximum Gasteiger partial charge on any atom is 0.295 e. The molecule has 0 spiro atoms. The Morgan fingerprint density at radius 3 is 2.58 bits per heavy atom. The number of rotatable bonds is 8. The van der Waals surface area contributed by atoms with E-state index in [1.54, 1.807) is 42.5 Å². The zero-order chi connectivity index (χ0) is 27.5. The number of aromatic nitrogens is 2. The Balaban J connectivity index is 1.38. The van der Waals surface area contributed by atoms with E-state index in [1.807, 2.05) is 53.6 Å². The van der Waals surface area contributed by atoms with E-state index in [0.29, 0.717) is 54.7 Å². The van der Waals surface area contributed by atoms with Crippen molar-refractivity contribution >= 4 is 17.4 Å². The molecule has 4 aromatic rings. The van der Waals surface area contributed by atoms with E-state index in [4.69, 9.17) is 14.2 Å². The summed E-state index contributed by atoms with van der Waals surface area (Å²) in [4.78, 5) is 31.3. The van der Waals surface area contributed by atoms with Crippen LogP contribution < -0.4 is 23.9 Å². The Hall–Kier alpha value is -5.05. The molecule has 1 amide bonds. The van der Waals surface area contributed by atoms with Gasteiger partial charge in [-0.2, -0.15) is 0 Å². The second kappa shape index (κ2) is 11.0. The minimum absolute atomic E-state index is 0.0900. The number of likely N-dealkylation sites (tertiary alicyclic amines) is 1. The lowest BCUT2D eigenvalue weighted by Gasteiger charge is -2.28. The Morgan fingerprint density at radius 2 is 1.77 bits per heavy atom. The Labute approximate surface area is 230 Å². The standard InChI is InChI=1S/C31H27N3O6/c35-29(22-10-11-25-26(19-22)39-17-16-38-25)27-28(21-6-4-9-24(18-21)40-23-7-2-1-3-8-23)34(31(37)30(27)36)14-5-13-33-15-12-32-20-33/h1-4,6-12,15,18-20,28H,5,13-14,16-17H2,(H,35,36). The van der Waals surface area contributed by atoms with Gasteiger partial charge in [0.1, 0.15) is 37.1 Å². The summed E-state index contributed by atoms with van der Waals surface area (Å²) in [5.74, 6) is 0.141. The van der Waals surface area contributed by atoms with Crippen LogP contribution >= 0.6 is 0 Å². The fourth-order valence-electron chi connectivity index (χ4n) is 5.04. The zero-order valence-electron chi connectivity index (χ0n) is 21.6. The van der Waals surface area contributed by atoms with Gasteiger partial charge in [0.05, 0.1) is 12.6 Å². The Kier molecular flexibility index (Phi) is 6.93. The SMILES string of the molecule is O=C1C(=O)N(CCC[n+]2cc[nH]c2)C(c2cccc(Oc3ccccc3)c2)C1=C([O-])c1ccc2c(c1)OCCO2. The number of ether oxygens (including phenoxy) is 3. The number of imidazole rings is 1. The molecule has 2 aliphatic heterocycles. The third-order valence-corrected chi connectivity index (χ3v) is 6.90. The number of carbonyl (C=O) groups excluding carboxylic acids is 2. The number of H-pyrrole nitrogens is 1. The summed E-state index contributed by atoms with van der Waals surface area (Å²) in [7, 11) is 0. The molecule has 1 atom stereocenters. The predicted octanol–water partition coefficient (Wildman–Crippen LogP) is 3.18. The molecular weight excluding hydrogens is 510 g/mol. The smallest absolute Gasteiger partial charge is 0.295 e. The molecule has 40 heavy (non-hydrogen) atoms. The van der Waals surface area contributed by atoms with E-state index in [2.05, 4.69) is 4.98 Å². The van der Waals surface area contributed by atoms with Crippen LogP contribution in [0.1, 0.15) is 23.6 Å². The van der Waals surface area contributed by atoms with Gasteiger partial charge in [-0.15, -0.1) is 0 Å². The molecule has 9 nitrogen and oxygen atoms in total. The lowest BCUT2D eigenvalue weighted by Crippen LogP contribution is -2.36. The van der Waals surface area contributed by atoms with Gasteiger partial charge in [0, 0.05) is 18.5 Å². The fourth-order valence-corrected chi connectivity index (χ4v) is 5.04. The molecular formula is C31H27N3O6. The van der Waals surface area contributed by atoms with Crippen molar-refractivity contribution in [3.8, 4) is 23.0 Å². The molecule has 3 heterocycles. The van der Waals surface area contributed by atoms with Crippen molar-refractivity contribution in [3.05, 3.63) is 108 Å². The fraction of sp³-hybridized carbons (Fsp3) is 0.194. The predicted molar refractivity (Wildman–Crippen MR) is 142 cm³/mol. The van der Waals surface area contributed by atoms with Crippen molar-refractivity contribution in [2.24, 2.45) is 0 Å². The molecule has 1 saturated heterocycles. The number of aryl methyl sites for hydroxylation is 1. The Morgan fingerprint density at radius 1 is 0.975 bits per heavy atom.